The Hall–Kier alpha value is -1.07. The smallest absolute Gasteiger partial charge is 0.229 e. The first-order valence-corrected chi connectivity index (χ1v) is 11.0. The largest absolute Gasteiger partial charge is 0.381 e. The van der Waals surface area contributed by atoms with Gasteiger partial charge in [-0.15, -0.1) is 24.0 Å². The van der Waals surface area contributed by atoms with Gasteiger partial charge in [-0.05, 0) is 37.5 Å². The summed E-state index contributed by atoms with van der Waals surface area (Å²) in [6, 6.07) is 7.33. The molecule has 152 valence electrons. The maximum Gasteiger partial charge on any atom is 0.229 e. The van der Waals surface area contributed by atoms with Gasteiger partial charge in [-0.25, -0.2) is 13.4 Å². The van der Waals surface area contributed by atoms with Crippen molar-refractivity contribution in [3.8, 4) is 0 Å². The van der Waals surface area contributed by atoms with Crippen molar-refractivity contribution < 1.29 is 13.2 Å². The highest BCUT2D eigenvalue weighted by Gasteiger charge is 2.42. The molecule has 2 N–H and O–H groups in total. The van der Waals surface area contributed by atoms with Crippen LogP contribution in [-0.2, 0) is 21.3 Å². The molecule has 1 aromatic carbocycles. The van der Waals surface area contributed by atoms with Crippen LogP contribution >= 0.6 is 24.0 Å². The van der Waals surface area contributed by atoms with Crippen LogP contribution in [0.25, 0.3) is 0 Å². The molecule has 3 rings (SSSR count). The molecule has 0 saturated carbocycles. The number of hydrogen-bond acceptors (Lipinski definition) is 4. The topological polar surface area (TPSA) is 83.0 Å². The van der Waals surface area contributed by atoms with E-state index in [0.29, 0.717) is 17.6 Å². The molecule has 0 bridgehead atoms. The van der Waals surface area contributed by atoms with E-state index in [0.717, 1.165) is 63.5 Å². The van der Waals surface area contributed by atoms with Gasteiger partial charge in [0.05, 0.1) is 19.4 Å². The van der Waals surface area contributed by atoms with Gasteiger partial charge in [0.15, 0.2) is 5.96 Å². The van der Waals surface area contributed by atoms with Crippen LogP contribution in [0.4, 0.5) is 5.69 Å². The molecule has 1 atom stereocenters. The molecular weight excluding hydrogens is 479 g/mol. The maximum atomic E-state index is 11.3. The van der Waals surface area contributed by atoms with E-state index in [9.17, 15) is 8.42 Å². The second kappa shape index (κ2) is 9.42. The van der Waals surface area contributed by atoms with E-state index >= 15 is 0 Å². The molecule has 1 spiro atoms. The Morgan fingerprint density at radius 3 is 2.63 bits per heavy atom. The normalized spacial score (nSPS) is 22.7. The van der Waals surface area contributed by atoms with Gasteiger partial charge in [0, 0.05) is 37.3 Å². The summed E-state index contributed by atoms with van der Waals surface area (Å²) in [4.78, 5) is 7.11. The van der Waals surface area contributed by atoms with Gasteiger partial charge in [0.2, 0.25) is 10.0 Å². The third-order valence-corrected chi connectivity index (χ3v) is 5.53. The van der Waals surface area contributed by atoms with Gasteiger partial charge in [-0.2, -0.15) is 0 Å². The molecule has 27 heavy (non-hydrogen) atoms. The van der Waals surface area contributed by atoms with Crippen molar-refractivity contribution in [3.05, 3.63) is 29.8 Å². The first-order valence-electron chi connectivity index (χ1n) is 9.07. The molecule has 0 aromatic heterocycles. The number of rotatable bonds is 5. The predicted molar refractivity (Wildman–Crippen MR) is 119 cm³/mol. The van der Waals surface area contributed by atoms with Crippen LogP contribution in [0, 0.1) is 5.41 Å². The fourth-order valence-electron chi connectivity index (χ4n) is 3.57. The number of nitrogens with zero attached hydrogens (tertiary/aromatic N) is 2. The number of sulfonamides is 1. The lowest BCUT2D eigenvalue weighted by Gasteiger charge is -2.25. The summed E-state index contributed by atoms with van der Waals surface area (Å²) in [5.41, 5.74) is 1.90. The third kappa shape index (κ3) is 6.21. The quantitative estimate of drug-likeness (QED) is 0.362. The zero-order valence-corrected chi connectivity index (χ0v) is 19.0. The Morgan fingerprint density at radius 1 is 1.30 bits per heavy atom. The lowest BCUT2D eigenvalue weighted by molar-refractivity contribution is 0.156. The lowest BCUT2D eigenvalue weighted by atomic mass is 9.87. The lowest BCUT2D eigenvalue weighted by Crippen LogP contribution is -2.41. The van der Waals surface area contributed by atoms with Crippen molar-refractivity contribution >= 4 is 45.6 Å². The van der Waals surface area contributed by atoms with Crippen LogP contribution < -0.4 is 10.0 Å². The minimum absolute atomic E-state index is 0. The zero-order chi connectivity index (χ0) is 18.6. The number of guanidine groups is 1. The zero-order valence-electron chi connectivity index (χ0n) is 15.9. The molecular formula is C18H29IN4O3S. The molecule has 2 fully saturated rings. The number of likely N-dealkylation sites (tertiary alicyclic amines) is 1. The van der Waals surface area contributed by atoms with Gasteiger partial charge < -0.3 is 15.0 Å². The number of benzene rings is 1. The second-order valence-corrected chi connectivity index (χ2v) is 8.96. The summed E-state index contributed by atoms with van der Waals surface area (Å²) in [6.07, 6.45) is 3.44. The van der Waals surface area contributed by atoms with E-state index in [-0.39, 0.29) is 24.0 Å². The van der Waals surface area contributed by atoms with Crippen LogP contribution in [0.3, 0.4) is 0 Å². The van der Waals surface area contributed by atoms with E-state index in [1.807, 2.05) is 12.1 Å². The molecule has 1 aromatic rings. The fourth-order valence-corrected chi connectivity index (χ4v) is 4.14. The minimum atomic E-state index is -3.25. The number of anilines is 1. The fraction of sp³-hybridized carbons (Fsp3) is 0.611. The first kappa shape index (κ1) is 22.2. The van der Waals surface area contributed by atoms with Crippen molar-refractivity contribution in [3.63, 3.8) is 0 Å². The number of hydrogen-bond donors (Lipinski definition) is 2. The monoisotopic (exact) mass is 508 g/mol. The van der Waals surface area contributed by atoms with Crippen LogP contribution in [-0.4, -0.2) is 58.4 Å². The number of halogens is 1. The van der Waals surface area contributed by atoms with Gasteiger partial charge in [-0.1, -0.05) is 12.1 Å². The van der Waals surface area contributed by atoms with Gasteiger partial charge in [0.1, 0.15) is 0 Å². The van der Waals surface area contributed by atoms with Crippen molar-refractivity contribution in [2.45, 2.75) is 26.3 Å². The van der Waals surface area contributed by atoms with E-state index in [4.69, 9.17) is 9.73 Å². The summed E-state index contributed by atoms with van der Waals surface area (Å²) < 4.78 is 30.6. The highest BCUT2D eigenvalue weighted by molar-refractivity contribution is 14.0. The van der Waals surface area contributed by atoms with E-state index in [2.05, 4.69) is 21.9 Å². The summed E-state index contributed by atoms with van der Waals surface area (Å²) >= 11 is 0. The first-order chi connectivity index (χ1) is 12.4. The highest BCUT2D eigenvalue weighted by Crippen LogP contribution is 2.38. The molecule has 2 aliphatic rings. The standard InChI is InChI=1S/C18H28N4O3S.HI/c1-3-19-17(22-10-8-18(13-22)9-11-25-14-18)20-12-15-4-6-16(7-5-15)21-26(2,23)24;/h4-7,21H,3,8-14H2,1-2H3,(H,19,20);1H. The molecule has 1 unspecified atom stereocenters. The Kier molecular flexibility index (Phi) is 7.75. The molecule has 0 amide bonds. The maximum absolute atomic E-state index is 11.3. The highest BCUT2D eigenvalue weighted by atomic mass is 127. The van der Waals surface area contributed by atoms with Crippen molar-refractivity contribution in [2.75, 3.05) is 43.8 Å². The molecule has 2 heterocycles. The van der Waals surface area contributed by atoms with E-state index in [1.165, 1.54) is 0 Å². The summed E-state index contributed by atoms with van der Waals surface area (Å²) in [5, 5.41) is 3.39. The summed E-state index contributed by atoms with van der Waals surface area (Å²) in [7, 11) is -3.25. The van der Waals surface area contributed by atoms with Crippen LogP contribution in [0.2, 0.25) is 0 Å². The molecule has 7 nitrogen and oxygen atoms in total. The van der Waals surface area contributed by atoms with Gasteiger partial charge in [-0.3, -0.25) is 4.72 Å². The van der Waals surface area contributed by atoms with Crippen molar-refractivity contribution in [2.24, 2.45) is 10.4 Å². The number of ether oxygens (including phenoxy) is 1. The van der Waals surface area contributed by atoms with Crippen LogP contribution in [0.5, 0.6) is 0 Å². The Bertz CT molecular complexity index is 746. The minimum Gasteiger partial charge on any atom is -0.381 e. The van der Waals surface area contributed by atoms with Crippen molar-refractivity contribution in [1.29, 1.82) is 0 Å². The predicted octanol–water partition coefficient (Wildman–Crippen LogP) is 2.25. The molecule has 2 aliphatic heterocycles. The van der Waals surface area contributed by atoms with Crippen LogP contribution in [0.15, 0.2) is 29.3 Å². The van der Waals surface area contributed by atoms with Gasteiger partial charge >= 0.3 is 0 Å². The number of nitrogens with one attached hydrogen (secondary N) is 2. The summed E-state index contributed by atoms with van der Waals surface area (Å²) in [6.45, 7) is 7.19. The van der Waals surface area contributed by atoms with Crippen LogP contribution in [0.1, 0.15) is 25.3 Å². The van der Waals surface area contributed by atoms with Crippen molar-refractivity contribution in [1.82, 2.24) is 10.2 Å². The molecule has 2 saturated heterocycles. The Morgan fingerprint density at radius 2 is 2.04 bits per heavy atom. The second-order valence-electron chi connectivity index (χ2n) is 7.22. The number of aliphatic imine (C=N–C) groups is 1. The average molecular weight is 508 g/mol. The van der Waals surface area contributed by atoms with Gasteiger partial charge in [0.25, 0.3) is 0 Å². The van der Waals surface area contributed by atoms with E-state index in [1.54, 1.807) is 12.1 Å². The molecule has 9 heteroatoms. The summed E-state index contributed by atoms with van der Waals surface area (Å²) in [5.74, 6) is 0.939. The molecule has 0 radical (unpaired) electrons. The third-order valence-electron chi connectivity index (χ3n) is 4.93. The average Bonchev–Trinajstić information content (AvgIpc) is 3.22. The van der Waals surface area contributed by atoms with E-state index < -0.39 is 10.0 Å². The Labute approximate surface area is 179 Å². The SMILES string of the molecule is CCNC(=NCc1ccc(NS(C)(=O)=O)cc1)N1CCC2(CCOC2)C1.I. The molecule has 0 aliphatic carbocycles. The Balaban J connectivity index is 0.00000261.